The molecule has 6 heteroatoms. The van der Waals surface area contributed by atoms with Crippen LogP contribution in [-0.4, -0.2) is 14.8 Å². The highest BCUT2D eigenvalue weighted by Gasteiger charge is 2.17. The van der Waals surface area contributed by atoms with Crippen LogP contribution >= 0.6 is 0 Å². The lowest BCUT2D eigenvalue weighted by atomic mass is 10.1. The van der Waals surface area contributed by atoms with E-state index in [1.54, 1.807) is 23.1 Å². The van der Waals surface area contributed by atoms with Crippen molar-refractivity contribution >= 4 is 5.69 Å². The Balaban J connectivity index is 2.40. The number of nitrogen functional groups attached to an aromatic ring is 1. The highest BCUT2D eigenvalue weighted by molar-refractivity contribution is 5.48. The van der Waals surface area contributed by atoms with Crippen LogP contribution in [0.2, 0.25) is 0 Å². The number of aryl methyl sites for hydroxylation is 1. The molecule has 0 aliphatic heterocycles. The number of nitrogens with two attached hydrogens (primary N) is 2. The predicted molar refractivity (Wildman–Crippen MR) is 61.0 cm³/mol. The van der Waals surface area contributed by atoms with E-state index in [-0.39, 0.29) is 6.04 Å². The van der Waals surface area contributed by atoms with Crippen LogP contribution in [0.25, 0.3) is 0 Å². The van der Waals surface area contributed by atoms with Gasteiger partial charge in [-0.2, -0.15) is 5.10 Å². The molecule has 2 aromatic rings. The van der Waals surface area contributed by atoms with E-state index < -0.39 is 0 Å². The van der Waals surface area contributed by atoms with Gasteiger partial charge in [0, 0.05) is 36.9 Å². The fourth-order valence-corrected chi connectivity index (χ4v) is 1.58. The number of aromatic nitrogens is 3. The van der Waals surface area contributed by atoms with E-state index in [0.29, 0.717) is 5.69 Å². The molecule has 0 aliphatic carbocycles. The Hall–Kier alpha value is -1.92. The van der Waals surface area contributed by atoms with Gasteiger partial charge in [0.2, 0.25) is 0 Å². The Bertz CT molecular complexity index is 478. The third-order valence-corrected chi connectivity index (χ3v) is 2.39. The lowest BCUT2D eigenvalue weighted by Crippen LogP contribution is -2.30. The van der Waals surface area contributed by atoms with Crippen molar-refractivity contribution < 1.29 is 0 Å². The Morgan fingerprint density at radius 2 is 2.25 bits per heavy atom. The van der Waals surface area contributed by atoms with E-state index in [4.69, 9.17) is 11.6 Å². The van der Waals surface area contributed by atoms with Gasteiger partial charge in [-0.25, -0.2) is 5.43 Å². The summed E-state index contributed by atoms with van der Waals surface area (Å²) in [6.07, 6.45) is 5.19. The average molecular weight is 218 g/mol. The quantitative estimate of drug-likeness (QED) is 0.496. The molecule has 2 aromatic heterocycles. The molecule has 0 bridgehead atoms. The van der Waals surface area contributed by atoms with Crippen LogP contribution in [0.3, 0.4) is 0 Å². The van der Waals surface area contributed by atoms with Crippen molar-refractivity contribution in [3.8, 4) is 0 Å². The fourth-order valence-electron chi connectivity index (χ4n) is 1.58. The molecule has 0 radical (unpaired) electrons. The van der Waals surface area contributed by atoms with E-state index in [1.165, 1.54) is 0 Å². The van der Waals surface area contributed by atoms with Gasteiger partial charge in [-0.1, -0.05) is 0 Å². The van der Waals surface area contributed by atoms with Crippen molar-refractivity contribution in [2.75, 3.05) is 5.73 Å². The van der Waals surface area contributed by atoms with Gasteiger partial charge in [-0.3, -0.25) is 15.5 Å². The van der Waals surface area contributed by atoms with Gasteiger partial charge in [0.15, 0.2) is 0 Å². The van der Waals surface area contributed by atoms with Crippen LogP contribution in [0.5, 0.6) is 0 Å². The summed E-state index contributed by atoms with van der Waals surface area (Å²) in [4.78, 5) is 4.04. The molecular formula is C10H14N6. The van der Waals surface area contributed by atoms with Crippen molar-refractivity contribution in [1.82, 2.24) is 20.2 Å². The molecule has 0 saturated carbocycles. The lowest BCUT2D eigenvalue weighted by Gasteiger charge is -2.15. The van der Waals surface area contributed by atoms with E-state index in [9.17, 15) is 0 Å². The maximum absolute atomic E-state index is 5.87. The van der Waals surface area contributed by atoms with E-state index >= 15 is 0 Å². The van der Waals surface area contributed by atoms with Crippen LogP contribution in [0, 0.1) is 0 Å². The second-order valence-corrected chi connectivity index (χ2v) is 3.52. The van der Waals surface area contributed by atoms with Crippen LogP contribution in [0.1, 0.15) is 17.3 Å². The van der Waals surface area contributed by atoms with Crippen LogP contribution < -0.4 is 17.0 Å². The number of hydrazine groups is 1. The number of nitrogens with zero attached hydrogens (tertiary/aromatic N) is 3. The summed E-state index contributed by atoms with van der Waals surface area (Å²) in [6, 6.07) is 3.38. The van der Waals surface area contributed by atoms with Gasteiger partial charge in [-0.15, -0.1) is 0 Å². The van der Waals surface area contributed by atoms with Crippen molar-refractivity contribution in [2.45, 2.75) is 6.04 Å². The number of rotatable bonds is 3. The number of anilines is 1. The molecular weight excluding hydrogens is 204 g/mol. The zero-order chi connectivity index (χ0) is 11.5. The molecule has 0 spiro atoms. The van der Waals surface area contributed by atoms with Crippen molar-refractivity contribution in [2.24, 2.45) is 12.9 Å². The standard InChI is InChI=1S/C10H14N6/c1-16-5-3-9(15-16)10(14-12)7-6-13-4-2-8(7)11/h2-6,10,14H,12H2,1H3,(H2,11,13). The van der Waals surface area contributed by atoms with Crippen molar-refractivity contribution in [1.29, 1.82) is 0 Å². The minimum atomic E-state index is -0.241. The average Bonchev–Trinajstić information content (AvgIpc) is 2.69. The van der Waals surface area contributed by atoms with Crippen LogP contribution in [0.4, 0.5) is 5.69 Å². The molecule has 1 unspecified atom stereocenters. The molecule has 0 amide bonds. The maximum Gasteiger partial charge on any atom is 0.0934 e. The predicted octanol–water partition coefficient (Wildman–Crippen LogP) is -0.0500. The first-order chi connectivity index (χ1) is 7.72. The first-order valence-corrected chi connectivity index (χ1v) is 4.87. The minimum absolute atomic E-state index is 0.241. The van der Waals surface area contributed by atoms with Crippen molar-refractivity contribution in [3.05, 3.63) is 42.0 Å². The fraction of sp³-hybridized carbons (Fsp3) is 0.200. The van der Waals surface area contributed by atoms with Crippen LogP contribution in [-0.2, 0) is 7.05 Å². The second-order valence-electron chi connectivity index (χ2n) is 3.52. The zero-order valence-corrected chi connectivity index (χ0v) is 8.96. The zero-order valence-electron chi connectivity index (χ0n) is 8.96. The highest BCUT2D eigenvalue weighted by Crippen LogP contribution is 2.23. The minimum Gasteiger partial charge on any atom is -0.398 e. The summed E-state index contributed by atoms with van der Waals surface area (Å²) in [5.74, 6) is 5.53. The lowest BCUT2D eigenvalue weighted by molar-refractivity contribution is 0.603. The Labute approximate surface area is 93.2 Å². The van der Waals surface area contributed by atoms with Gasteiger partial charge < -0.3 is 5.73 Å². The normalized spacial score (nSPS) is 12.6. The molecule has 6 nitrogen and oxygen atoms in total. The first kappa shape index (κ1) is 10.6. The largest absolute Gasteiger partial charge is 0.398 e. The topological polar surface area (TPSA) is 94.8 Å². The maximum atomic E-state index is 5.87. The van der Waals surface area contributed by atoms with E-state index in [1.807, 2.05) is 19.3 Å². The van der Waals surface area contributed by atoms with E-state index in [0.717, 1.165) is 11.3 Å². The smallest absolute Gasteiger partial charge is 0.0934 e. The molecule has 0 aliphatic rings. The molecule has 84 valence electrons. The summed E-state index contributed by atoms with van der Waals surface area (Å²) in [5.41, 5.74) is 10.8. The molecule has 0 aromatic carbocycles. The van der Waals surface area contributed by atoms with Gasteiger partial charge in [0.1, 0.15) is 0 Å². The van der Waals surface area contributed by atoms with Crippen molar-refractivity contribution in [3.63, 3.8) is 0 Å². The summed E-state index contributed by atoms with van der Waals surface area (Å²) >= 11 is 0. The molecule has 0 fully saturated rings. The third kappa shape index (κ3) is 1.88. The molecule has 1 atom stereocenters. The SMILES string of the molecule is Cn1ccc(C(NN)c2cnccc2N)n1. The number of hydrogen-bond acceptors (Lipinski definition) is 5. The van der Waals surface area contributed by atoms with Gasteiger partial charge in [0.25, 0.3) is 0 Å². The molecule has 16 heavy (non-hydrogen) atoms. The van der Waals surface area contributed by atoms with Gasteiger partial charge in [0.05, 0.1) is 11.7 Å². The second kappa shape index (κ2) is 4.30. The third-order valence-electron chi connectivity index (χ3n) is 2.39. The van der Waals surface area contributed by atoms with Crippen LogP contribution in [0.15, 0.2) is 30.7 Å². The van der Waals surface area contributed by atoms with E-state index in [2.05, 4.69) is 15.5 Å². The first-order valence-electron chi connectivity index (χ1n) is 4.87. The Morgan fingerprint density at radius 3 is 2.81 bits per heavy atom. The summed E-state index contributed by atoms with van der Waals surface area (Å²) in [7, 11) is 1.85. The molecule has 2 rings (SSSR count). The molecule has 0 saturated heterocycles. The summed E-state index contributed by atoms with van der Waals surface area (Å²) in [6.45, 7) is 0. The molecule has 2 heterocycles. The highest BCUT2D eigenvalue weighted by atomic mass is 15.3. The Morgan fingerprint density at radius 1 is 1.44 bits per heavy atom. The van der Waals surface area contributed by atoms with Gasteiger partial charge >= 0.3 is 0 Å². The summed E-state index contributed by atoms with van der Waals surface area (Å²) in [5, 5.41) is 4.29. The molecule has 5 N–H and O–H groups in total. The Kier molecular flexibility index (Phi) is 2.84. The number of pyridine rings is 1. The monoisotopic (exact) mass is 218 g/mol. The number of hydrogen-bond donors (Lipinski definition) is 3. The summed E-state index contributed by atoms with van der Waals surface area (Å²) < 4.78 is 1.71. The number of nitrogens with one attached hydrogen (secondary N) is 1. The van der Waals surface area contributed by atoms with Gasteiger partial charge in [-0.05, 0) is 12.1 Å².